The van der Waals surface area contributed by atoms with Crippen molar-refractivity contribution >= 4 is 5.82 Å². The molecule has 0 saturated carbocycles. The molecule has 0 bridgehead atoms. The van der Waals surface area contributed by atoms with Crippen LogP contribution in [0.4, 0.5) is 5.82 Å². The summed E-state index contributed by atoms with van der Waals surface area (Å²) in [6.07, 6.45) is 11.7. The second-order valence-corrected chi connectivity index (χ2v) is 11.0. The second-order valence-electron chi connectivity index (χ2n) is 11.0. The predicted octanol–water partition coefficient (Wildman–Crippen LogP) is 10.00. The number of anilines is 1. The number of allylic oxidation sites excluding steroid dienone is 2. The van der Waals surface area contributed by atoms with E-state index in [1.54, 1.807) is 0 Å². The smallest absolute Gasteiger partial charge is 0.155 e. The molecule has 3 aromatic rings. The molecule has 0 aliphatic heterocycles. The SMILES string of the molecule is C=C(CC)N(CCCCC(C)CCCC)c1cc(C)n(Cc2cc(C)ccc2C)n1.C=CCc1ccccc1. The van der Waals surface area contributed by atoms with Crippen LogP contribution in [0.25, 0.3) is 0 Å². The molecule has 212 valence electrons. The molecule has 0 aliphatic carbocycles. The van der Waals surface area contributed by atoms with Gasteiger partial charge in [0.15, 0.2) is 5.82 Å². The number of rotatable bonds is 15. The van der Waals surface area contributed by atoms with E-state index in [2.05, 4.69) is 101 Å². The fourth-order valence-corrected chi connectivity index (χ4v) is 4.78. The topological polar surface area (TPSA) is 21.1 Å². The van der Waals surface area contributed by atoms with E-state index in [0.717, 1.165) is 43.4 Å². The summed E-state index contributed by atoms with van der Waals surface area (Å²) in [5.41, 5.74) is 7.65. The quantitative estimate of drug-likeness (QED) is 0.145. The molecule has 0 amide bonds. The Kier molecular flexibility index (Phi) is 14.4. The molecule has 39 heavy (non-hydrogen) atoms. The van der Waals surface area contributed by atoms with Crippen molar-refractivity contribution in [2.75, 3.05) is 11.4 Å². The Morgan fingerprint density at radius 1 is 0.974 bits per heavy atom. The molecule has 0 fully saturated rings. The predicted molar refractivity (Wildman–Crippen MR) is 172 cm³/mol. The molecule has 2 aromatic carbocycles. The highest BCUT2D eigenvalue weighted by atomic mass is 15.4. The summed E-state index contributed by atoms with van der Waals surface area (Å²) in [5, 5.41) is 4.98. The third-order valence-corrected chi connectivity index (χ3v) is 7.46. The van der Waals surface area contributed by atoms with Crippen LogP contribution in [0.1, 0.15) is 93.7 Å². The minimum Gasteiger partial charge on any atom is -0.329 e. The van der Waals surface area contributed by atoms with Crippen LogP contribution in [0.2, 0.25) is 0 Å². The largest absolute Gasteiger partial charge is 0.329 e. The Labute approximate surface area is 239 Å². The average molecular weight is 528 g/mol. The van der Waals surface area contributed by atoms with Crippen LogP contribution in [0, 0.1) is 26.7 Å². The first-order valence-corrected chi connectivity index (χ1v) is 15.0. The standard InChI is InChI=1S/C27H43N3.C9H10/c1-8-10-13-21(3)14-11-12-17-29(24(6)9-2)27-19-25(7)30(28-27)20-26-18-22(4)15-16-23(26)5;1-2-6-9-7-4-3-5-8-9/h15-16,18-19,21H,6,8-14,17,20H2,1-5,7H3;2-5,7-8H,1,6H2. The molecule has 1 unspecified atom stereocenters. The van der Waals surface area contributed by atoms with Crippen molar-refractivity contribution in [1.29, 1.82) is 0 Å². The van der Waals surface area contributed by atoms with E-state index in [4.69, 9.17) is 5.10 Å². The first-order chi connectivity index (χ1) is 18.8. The van der Waals surface area contributed by atoms with Gasteiger partial charge in [-0.15, -0.1) is 6.58 Å². The maximum atomic E-state index is 4.98. The van der Waals surface area contributed by atoms with Gasteiger partial charge in [-0.3, -0.25) is 4.68 Å². The van der Waals surface area contributed by atoms with Crippen molar-refractivity contribution in [3.63, 3.8) is 0 Å². The van der Waals surface area contributed by atoms with E-state index >= 15 is 0 Å². The fraction of sp³-hybridized carbons (Fsp3) is 0.472. The zero-order chi connectivity index (χ0) is 28.6. The Bertz CT molecular complexity index is 1130. The van der Waals surface area contributed by atoms with E-state index in [9.17, 15) is 0 Å². The maximum absolute atomic E-state index is 4.98. The van der Waals surface area contributed by atoms with E-state index in [1.807, 2.05) is 24.3 Å². The van der Waals surface area contributed by atoms with Crippen molar-refractivity contribution in [2.45, 2.75) is 99.5 Å². The third-order valence-electron chi connectivity index (χ3n) is 7.46. The van der Waals surface area contributed by atoms with Gasteiger partial charge in [-0.25, -0.2) is 0 Å². The van der Waals surface area contributed by atoms with E-state index in [0.29, 0.717) is 0 Å². The molecule has 0 aliphatic rings. The number of aryl methyl sites for hydroxylation is 3. The number of nitrogens with zero attached hydrogens (tertiary/aromatic N) is 3. The van der Waals surface area contributed by atoms with Gasteiger partial charge in [0, 0.05) is 24.0 Å². The highest BCUT2D eigenvalue weighted by Crippen LogP contribution is 2.23. The van der Waals surface area contributed by atoms with Gasteiger partial charge in [0.05, 0.1) is 6.54 Å². The first kappa shape index (κ1) is 32.1. The summed E-state index contributed by atoms with van der Waals surface area (Å²) in [4.78, 5) is 2.34. The lowest BCUT2D eigenvalue weighted by Crippen LogP contribution is -2.23. The third kappa shape index (κ3) is 11.3. The van der Waals surface area contributed by atoms with Crippen LogP contribution in [-0.2, 0) is 13.0 Å². The summed E-state index contributed by atoms with van der Waals surface area (Å²) < 4.78 is 2.14. The van der Waals surface area contributed by atoms with Crippen molar-refractivity contribution in [3.8, 4) is 0 Å². The minimum absolute atomic E-state index is 0.820. The Hall–Kier alpha value is -3.07. The van der Waals surface area contributed by atoms with Gasteiger partial charge in [-0.05, 0) is 62.6 Å². The van der Waals surface area contributed by atoms with E-state index in [-0.39, 0.29) is 0 Å². The van der Waals surface area contributed by atoms with Crippen LogP contribution >= 0.6 is 0 Å². The molecule has 1 heterocycles. The van der Waals surface area contributed by atoms with Gasteiger partial charge in [-0.2, -0.15) is 5.10 Å². The summed E-state index contributed by atoms with van der Waals surface area (Å²) in [5.74, 6) is 1.88. The Balaban J connectivity index is 0.000000499. The molecule has 1 aromatic heterocycles. The van der Waals surface area contributed by atoms with Gasteiger partial charge in [-0.1, -0.05) is 120 Å². The van der Waals surface area contributed by atoms with Gasteiger partial charge in [0.2, 0.25) is 0 Å². The van der Waals surface area contributed by atoms with Gasteiger partial charge < -0.3 is 4.90 Å². The lowest BCUT2D eigenvalue weighted by molar-refractivity contribution is 0.450. The Morgan fingerprint density at radius 2 is 1.69 bits per heavy atom. The van der Waals surface area contributed by atoms with Crippen LogP contribution in [0.15, 0.2) is 79.5 Å². The summed E-state index contributed by atoms with van der Waals surface area (Å²) in [7, 11) is 0. The van der Waals surface area contributed by atoms with Crippen LogP contribution < -0.4 is 4.90 Å². The molecular formula is C36H53N3. The molecule has 3 nitrogen and oxygen atoms in total. The second kappa shape index (κ2) is 17.5. The maximum Gasteiger partial charge on any atom is 0.155 e. The van der Waals surface area contributed by atoms with Crippen LogP contribution in [0.3, 0.4) is 0 Å². The lowest BCUT2D eigenvalue weighted by Gasteiger charge is -2.24. The number of benzene rings is 2. The van der Waals surface area contributed by atoms with Crippen LogP contribution in [-0.4, -0.2) is 16.3 Å². The summed E-state index contributed by atoms with van der Waals surface area (Å²) in [6, 6.07) is 19.2. The zero-order valence-corrected chi connectivity index (χ0v) is 25.7. The minimum atomic E-state index is 0.820. The molecule has 0 radical (unpaired) electrons. The molecular weight excluding hydrogens is 474 g/mol. The van der Waals surface area contributed by atoms with Gasteiger partial charge in [0.25, 0.3) is 0 Å². The first-order valence-electron chi connectivity index (χ1n) is 15.0. The summed E-state index contributed by atoms with van der Waals surface area (Å²) in [6.45, 7) is 23.2. The number of unbranched alkanes of at least 4 members (excludes halogenated alkanes) is 2. The molecule has 3 heteroatoms. The average Bonchev–Trinajstić information content (AvgIpc) is 3.29. The van der Waals surface area contributed by atoms with Crippen molar-refractivity contribution < 1.29 is 0 Å². The van der Waals surface area contributed by atoms with Gasteiger partial charge in [0.1, 0.15) is 0 Å². The normalized spacial score (nSPS) is 11.4. The molecule has 3 rings (SSSR count). The van der Waals surface area contributed by atoms with Crippen molar-refractivity contribution in [3.05, 3.63) is 107 Å². The molecule has 1 atom stereocenters. The number of hydrogen-bond donors (Lipinski definition) is 0. The van der Waals surface area contributed by atoms with Crippen molar-refractivity contribution in [1.82, 2.24) is 9.78 Å². The van der Waals surface area contributed by atoms with E-state index < -0.39 is 0 Å². The molecule has 0 saturated heterocycles. The van der Waals surface area contributed by atoms with Crippen LogP contribution in [0.5, 0.6) is 0 Å². The lowest BCUT2D eigenvalue weighted by atomic mass is 9.98. The van der Waals surface area contributed by atoms with Crippen molar-refractivity contribution in [2.24, 2.45) is 5.92 Å². The van der Waals surface area contributed by atoms with Gasteiger partial charge >= 0.3 is 0 Å². The molecule has 0 N–H and O–H groups in total. The monoisotopic (exact) mass is 527 g/mol. The number of aromatic nitrogens is 2. The zero-order valence-electron chi connectivity index (χ0n) is 25.7. The molecule has 0 spiro atoms. The highest BCUT2D eigenvalue weighted by molar-refractivity contribution is 5.46. The summed E-state index contributed by atoms with van der Waals surface area (Å²) >= 11 is 0. The van der Waals surface area contributed by atoms with E-state index in [1.165, 1.54) is 66.5 Å². The Morgan fingerprint density at radius 3 is 2.36 bits per heavy atom. The highest BCUT2D eigenvalue weighted by Gasteiger charge is 2.15. The fourth-order valence-electron chi connectivity index (χ4n) is 4.78. The number of hydrogen-bond acceptors (Lipinski definition) is 2.